The van der Waals surface area contributed by atoms with Crippen molar-refractivity contribution in [2.75, 3.05) is 0 Å². The normalized spacial score (nSPS) is 7.25. The zero-order valence-electron chi connectivity index (χ0n) is 1.81. The van der Waals surface area contributed by atoms with E-state index in [0.29, 0.717) is 4.29 Å². The molecule has 0 heterocycles. The molecule has 0 unspecified atom stereocenters. The van der Waals surface area contributed by atoms with E-state index in [-0.39, 0.29) is 0 Å². The standard InChI is InChI=1S/CH2IO2/c3-1-2-4/h1,4H/q-1. The van der Waals surface area contributed by atoms with Crippen LogP contribution in [0.5, 0.6) is 0 Å². The summed E-state index contributed by atoms with van der Waals surface area (Å²) in [5, 5.41) is 0. The van der Waals surface area contributed by atoms with Crippen LogP contribution in [0, 0.1) is 0 Å². The van der Waals surface area contributed by atoms with Gasteiger partial charge in [0.2, 0.25) is 0 Å². The van der Waals surface area contributed by atoms with Crippen molar-refractivity contribution in [3.05, 3.63) is 0 Å². The number of carbonyl (C=O) groups is 1. The van der Waals surface area contributed by atoms with Gasteiger partial charge in [0.1, 0.15) is 0 Å². The van der Waals surface area contributed by atoms with E-state index in [4.69, 9.17) is 8.23 Å². The molecule has 0 aliphatic carbocycles. The number of halogens is 1. The van der Waals surface area contributed by atoms with E-state index in [2.05, 4.69) is 0 Å². The first-order valence-electron chi connectivity index (χ1n) is 0.623. The second-order valence-corrected chi connectivity index (χ2v) is 1.25. The third-order valence-corrected chi connectivity index (χ3v) is 0.267. The van der Waals surface area contributed by atoms with E-state index in [0.717, 1.165) is 0 Å². The molecule has 0 spiro atoms. The van der Waals surface area contributed by atoms with Crippen LogP contribution < -0.4 is 21.6 Å². The van der Waals surface area contributed by atoms with E-state index < -0.39 is 21.6 Å². The molecule has 0 aromatic carbocycles. The van der Waals surface area contributed by atoms with Gasteiger partial charge in [0, 0.05) is 0 Å². The molecule has 0 aromatic heterocycles. The Labute approximate surface area is 34.6 Å². The Morgan fingerprint density at radius 3 is 2.25 bits per heavy atom. The van der Waals surface area contributed by atoms with Crippen LogP contribution in [0.3, 0.4) is 0 Å². The molecule has 0 rings (SSSR count). The van der Waals surface area contributed by atoms with Crippen molar-refractivity contribution in [3.8, 4) is 0 Å². The number of hydrogen-bond acceptors (Lipinski definition) is 2. The van der Waals surface area contributed by atoms with Gasteiger partial charge in [-0.1, -0.05) is 0 Å². The molecule has 4 heavy (non-hydrogen) atoms. The van der Waals surface area contributed by atoms with Gasteiger partial charge in [-0.3, -0.25) is 0 Å². The van der Waals surface area contributed by atoms with Gasteiger partial charge >= 0.3 is 34.1 Å². The minimum absolute atomic E-state index is 0.541. The molecular weight excluding hydrogens is 171 g/mol. The molecule has 0 fully saturated rings. The Balaban J connectivity index is 2.30. The Morgan fingerprint density at radius 2 is 2.25 bits per heavy atom. The average molecular weight is 173 g/mol. The van der Waals surface area contributed by atoms with Crippen molar-refractivity contribution in [1.29, 1.82) is 0 Å². The van der Waals surface area contributed by atoms with Gasteiger partial charge in [-0.05, 0) is 0 Å². The van der Waals surface area contributed by atoms with Gasteiger partial charge in [-0.25, -0.2) is 0 Å². The quantitative estimate of drug-likeness (QED) is 0.250. The molecule has 2 nitrogen and oxygen atoms in total. The summed E-state index contributed by atoms with van der Waals surface area (Å²) in [5.41, 5.74) is 0. The van der Waals surface area contributed by atoms with E-state index in [1.807, 2.05) is 0 Å². The van der Waals surface area contributed by atoms with Crippen LogP contribution in [0.1, 0.15) is 0 Å². The van der Waals surface area contributed by atoms with Crippen molar-refractivity contribution in [1.82, 2.24) is 0 Å². The van der Waals surface area contributed by atoms with Crippen molar-refractivity contribution in [3.63, 3.8) is 0 Å². The molecular formula is CH2IO2-. The van der Waals surface area contributed by atoms with Crippen LogP contribution in [0.15, 0.2) is 0 Å². The first kappa shape index (κ1) is 4.36. The van der Waals surface area contributed by atoms with E-state index in [1.54, 1.807) is 0 Å². The Bertz CT molecular complexity index is 20.0. The summed E-state index contributed by atoms with van der Waals surface area (Å²) < 4.78 is 8.16. The SMILES string of the molecule is O=C[I-]O. The van der Waals surface area contributed by atoms with E-state index >= 15 is 0 Å². The van der Waals surface area contributed by atoms with E-state index in [9.17, 15) is 0 Å². The zero-order chi connectivity index (χ0) is 3.41. The summed E-state index contributed by atoms with van der Waals surface area (Å²) in [6.45, 7) is 0. The first-order chi connectivity index (χ1) is 1.91. The van der Waals surface area contributed by atoms with Crippen molar-refractivity contribution in [2.24, 2.45) is 0 Å². The minimum atomic E-state index is -1.07. The Morgan fingerprint density at radius 1 is 2.00 bits per heavy atom. The van der Waals surface area contributed by atoms with Crippen LogP contribution in [0.4, 0.5) is 0 Å². The molecule has 26 valence electrons. The summed E-state index contributed by atoms with van der Waals surface area (Å²) in [7, 11) is 0. The van der Waals surface area contributed by atoms with Gasteiger partial charge in [-0.15, -0.1) is 0 Å². The van der Waals surface area contributed by atoms with Gasteiger partial charge in [-0.2, -0.15) is 0 Å². The zero-order valence-corrected chi connectivity index (χ0v) is 3.97. The second-order valence-electron chi connectivity index (χ2n) is 0.187. The molecule has 0 saturated heterocycles. The first-order valence-corrected chi connectivity index (χ1v) is 2.83. The molecule has 0 saturated carbocycles. The predicted molar refractivity (Wildman–Crippen MR) is 8.97 cm³/mol. The topological polar surface area (TPSA) is 37.3 Å². The number of hydrogen-bond donors (Lipinski definition) is 1. The maximum absolute atomic E-state index is 8.97. The van der Waals surface area contributed by atoms with Crippen LogP contribution in [-0.4, -0.2) is 7.73 Å². The third-order valence-electron chi connectivity index (χ3n) is 0.0398. The second kappa shape index (κ2) is 3.36. The van der Waals surface area contributed by atoms with Crippen LogP contribution >= 0.6 is 0 Å². The maximum atomic E-state index is 8.97. The number of carbonyl (C=O) groups excluding carboxylic acids is 1. The molecule has 1 N–H and O–H groups in total. The van der Waals surface area contributed by atoms with Gasteiger partial charge < -0.3 is 0 Å². The van der Waals surface area contributed by atoms with E-state index in [1.165, 1.54) is 0 Å². The molecule has 0 amide bonds. The fraction of sp³-hybridized carbons (Fsp3) is 0. The summed E-state index contributed by atoms with van der Waals surface area (Å²) in [5.74, 6) is 0. The van der Waals surface area contributed by atoms with Crippen molar-refractivity contribution in [2.45, 2.75) is 0 Å². The Kier molecular flexibility index (Phi) is 3.66. The summed E-state index contributed by atoms with van der Waals surface area (Å²) in [6, 6.07) is 0. The van der Waals surface area contributed by atoms with Crippen molar-refractivity contribution >= 4 is 4.29 Å². The number of rotatable bonds is 1. The van der Waals surface area contributed by atoms with Crippen LogP contribution in [0.25, 0.3) is 0 Å². The van der Waals surface area contributed by atoms with Crippen LogP contribution in [-0.2, 0) is 4.79 Å². The van der Waals surface area contributed by atoms with Gasteiger partial charge in [0.25, 0.3) is 0 Å². The molecule has 0 aromatic rings. The molecule has 0 radical (unpaired) electrons. The Hall–Kier alpha value is 0.360. The summed E-state index contributed by atoms with van der Waals surface area (Å²) in [4.78, 5) is 8.97. The van der Waals surface area contributed by atoms with Crippen molar-refractivity contribution < 1.29 is 29.9 Å². The molecule has 0 bridgehead atoms. The predicted octanol–water partition coefficient (Wildman–Crippen LogP) is -3.83. The molecule has 0 aliphatic rings. The van der Waals surface area contributed by atoms with Gasteiger partial charge in [0.05, 0.1) is 0 Å². The molecule has 3 heteroatoms. The summed E-state index contributed by atoms with van der Waals surface area (Å²) >= 11 is -1.07. The summed E-state index contributed by atoms with van der Waals surface area (Å²) in [6.07, 6.45) is 0. The molecule has 0 atom stereocenters. The monoisotopic (exact) mass is 173 g/mol. The fourth-order valence-corrected chi connectivity index (χ4v) is 0. The van der Waals surface area contributed by atoms with Gasteiger partial charge in [0.15, 0.2) is 0 Å². The molecule has 0 aliphatic heterocycles. The average Bonchev–Trinajstić information content (AvgIpc) is 1.37. The van der Waals surface area contributed by atoms with Crippen LogP contribution in [0.2, 0.25) is 0 Å². The third kappa shape index (κ3) is 2.36. The fourth-order valence-electron chi connectivity index (χ4n) is 0.